The van der Waals surface area contributed by atoms with Gasteiger partial charge in [-0.1, -0.05) is 26.7 Å². The highest BCUT2D eigenvalue weighted by Crippen LogP contribution is 2.40. The quantitative estimate of drug-likeness (QED) is 0.751. The summed E-state index contributed by atoms with van der Waals surface area (Å²) in [6.45, 7) is 4.68. The van der Waals surface area contributed by atoms with Crippen LogP contribution in [0, 0.1) is 23.7 Å². The highest BCUT2D eigenvalue weighted by molar-refractivity contribution is 4.83. The summed E-state index contributed by atoms with van der Waals surface area (Å²) in [6, 6.07) is 0. The lowest BCUT2D eigenvalue weighted by molar-refractivity contribution is 0.0567. The highest BCUT2D eigenvalue weighted by Gasteiger charge is 2.31. The zero-order chi connectivity index (χ0) is 10.8. The normalized spacial score (nSPS) is 34.4. The van der Waals surface area contributed by atoms with Gasteiger partial charge in [0.2, 0.25) is 0 Å². The Morgan fingerprint density at radius 1 is 0.933 bits per heavy atom. The first-order valence-corrected chi connectivity index (χ1v) is 6.85. The minimum absolute atomic E-state index is 0.0191. The molecule has 15 heavy (non-hydrogen) atoms. The average Bonchev–Trinajstić information content (AvgIpc) is 3.02. The first kappa shape index (κ1) is 11.4. The molecular weight excluding hydrogens is 184 g/mol. The second-order valence-electron chi connectivity index (χ2n) is 6.17. The molecule has 2 saturated carbocycles. The molecule has 2 aliphatic carbocycles. The zero-order valence-corrected chi connectivity index (χ0v) is 10.3. The van der Waals surface area contributed by atoms with Crippen molar-refractivity contribution in [2.24, 2.45) is 23.7 Å². The van der Waals surface area contributed by atoms with Crippen molar-refractivity contribution in [3.05, 3.63) is 0 Å². The predicted molar refractivity (Wildman–Crippen MR) is 63.6 cm³/mol. The monoisotopic (exact) mass is 210 g/mol. The Hall–Kier alpha value is -0.0400. The van der Waals surface area contributed by atoms with Crippen LogP contribution in [-0.2, 0) is 0 Å². The largest absolute Gasteiger partial charge is 0.393 e. The maximum absolute atomic E-state index is 10.1. The van der Waals surface area contributed by atoms with Crippen LogP contribution in [0.1, 0.15) is 58.8 Å². The Bertz CT molecular complexity index is 188. The molecule has 1 heteroatoms. The van der Waals surface area contributed by atoms with Crippen LogP contribution in [-0.4, -0.2) is 11.2 Å². The van der Waals surface area contributed by atoms with E-state index in [9.17, 15) is 5.11 Å². The molecule has 0 saturated heterocycles. The highest BCUT2D eigenvalue weighted by atomic mass is 16.3. The molecule has 0 heterocycles. The Morgan fingerprint density at radius 2 is 1.47 bits per heavy atom. The van der Waals surface area contributed by atoms with E-state index in [1.165, 1.54) is 38.5 Å². The molecule has 0 aromatic carbocycles. The minimum Gasteiger partial charge on any atom is -0.393 e. The molecule has 0 amide bonds. The van der Waals surface area contributed by atoms with Gasteiger partial charge in [0, 0.05) is 0 Å². The molecule has 0 aromatic rings. The van der Waals surface area contributed by atoms with E-state index in [0.29, 0.717) is 5.92 Å². The van der Waals surface area contributed by atoms with Crippen molar-refractivity contribution in [2.45, 2.75) is 64.9 Å². The summed E-state index contributed by atoms with van der Waals surface area (Å²) in [5.74, 6) is 3.27. The summed E-state index contributed by atoms with van der Waals surface area (Å²) < 4.78 is 0. The third-order valence-electron chi connectivity index (χ3n) is 4.58. The predicted octanol–water partition coefficient (Wildman–Crippen LogP) is 3.61. The molecule has 1 unspecified atom stereocenters. The van der Waals surface area contributed by atoms with E-state index in [1.807, 2.05) is 0 Å². The van der Waals surface area contributed by atoms with Crippen LogP contribution in [0.15, 0.2) is 0 Å². The molecule has 0 radical (unpaired) electrons. The Balaban J connectivity index is 1.71. The number of aliphatic hydroxyl groups excluding tert-OH is 1. The fourth-order valence-corrected chi connectivity index (χ4v) is 3.08. The smallest absolute Gasteiger partial charge is 0.0571 e. The third kappa shape index (κ3) is 3.21. The van der Waals surface area contributed by atoms with Crippen LogP contribution < -0.4 is 0 Å². The molecule has 0 bridgehead atoms. The van der Waals surface area contributed by atoms with Crippen molar-refractivity contribution in [2.75, 3.05) is 0 Å². The van der Waals surface area contributed by atoms with Crippen molar-refractivity contribution < 1.29 is 5.11 Å². The van der Waals surface area contributed by atoms with Gasteiger partial charge in [-0.15, -0.1) is 0 Å². The second-order valence-corrected chi connectivity index (χ2v) is 6.17. The molecule has 1 nitrogen and oxygen atoms in total. The lowest BCUT2D eigenvalue weighted by atomic mass is 9.74. The van der Waals surface area contributed by atoms with Gasteiger partial charge in [-0.2, -0.15) is 0 Å². The first-order valence-electron chi connectivity index (χ1n) is 6.85. The van der Waals surface area contributed by atoms with Crippen LogP contribution >= 0.6 is 0 Å². The molecular formula is C14H26O. The minimum atomic E-state index is 0.0191. The van der Waals surface area contributed by atoms with Crippen molar-refractivity contribution in [1.29, 1.82) is 0 Å². The Morgan fingerprint density at radius 3 is 1.93 bits per heavy atom. The number of hydrogen-bond donors (Lipinski definition) is 1. The van der Waals surface area contributed by atoms with E-state index in [2.05, 4.69) is 13.8 Å². The maximum atomic E-state index is 10.1. The van der Waals surface area contributed by atoms with Crippen LogP contribution in [0.25, 0.3) is 0 Å². The van der Waals surface area contributed by atoms with Gasteiger partial charge < -0.3 is 5.11 Å². The van der Waals surface area contributed by atoms with Gasteiger partial charge in [0.1, 0.15) is 0 Å². The van der Waals surface area contributed by atoms with Crippen molar-refractivity contribution in [3.8, 4) is 0 Å². The molecule has 1 N–H and O–H groups in total. The van der Waals surface area contributed by atoms with E-state index in [-0.39, 0.29) is 6.10 Å². The van der Waals surface area contributed by atoms with Crippen LogP contribution in [0.4, 0.5) is 0 Å². The van der Waals surface area contributed by atoms with Gasteiger partial charge >= 0.3 is 0 Å². The summed E-state index contributed by atoms with van der Waals surface area (Å²) >= 11 is 0. The van der Waals surface area contributed by atoms with Gasteiger partial charge in [-0.05, 0) is 55.8 Å². The summed E-state index contributed by atoms with van der Waals surface area (Å²) in [4.78, 5) is 0. The van der Waals surface area contributed by atoms with E-state index >= 15 is 0 Å². The maximum Gasteiger partial charge on any atom is 0.0571 e. The van der Waals surface area contributed by atoms with E-state index in [1.54, 1.807) is 0 Å². The summed E-state index contributed by atoms with van der Waals surface area (Å²) in [5, 5.41) is 10.1. The lowest BCUT2D eigenvalue weighted by Crippen LogP contribution is -2.27. The summed E-state index contributed by atoms with van der Waals surface area (Å²) in [6.07, 6.45) is 9.11. The fraction of sp³-hybridized carbons (Fsp3) is 1.00. The molecule has 0 aromatic heterocycles. The molecule has 1 atom stereocenters. The molecule has 0 aliphatic heterocycles. The van der Waals surface area contributed by atoms with Gasteiger partial charge in [0.15, 0.2) is 0 Å². The van der Waals surface area contributed by atoms with Crippen molar-refractivity contribution in [3.63, 3.8) is 0 Å². The van der Waals surface area contributed by atoms with Crippen molar-refractivity contribution in [1.82, 2.24) is 0 Å². The first-order chi connectivity index (χ1) is 7.16. The molecule has 0 spiro atoms. The molecule has 2 fully saturated rings. The number of hydrogen-bond acceptors (Lipinski definition) is 1. The topological polar surface area (TPSA) is 20.2 Å². The van der Waals surface area contributed by atoms with E-state index < -0.39 is 0 Å². The van der Waals surface area contributed by atoms with Crippen LogP contribution in [0.3, 0.4) is 0 Å². The Labute approximate surface area is 94.3 Å². The SMILES string of the molecule is CC(C)C1CCC(C(O)CC2CC2)CC1. The Kier molecular flexibility index (Phi) is 3.71. The van der Waals surface area contributed by atoms with E-state index in [4.69, 9.17) is 0 Å². The number of aliphatic hydroxyl groups is 1. The van der Waals surface area contributed by atoms with E-state index in [0.717, 1.165) is 24.2 Å². The standard InChI is InChI=1S/C14H26O/c1-10(2)12-5-7-13(8-6-12)14(15)9-11-3-4-11/h10-15H,3-9H2,1-2H3. The van der Waals surface area contributed by atoms with Crippen LogP contribution in [0.2, 0.25) is 0 Å². The average molecular weight is 210 g/mol. The number of rotatable bonds is 4. The zero-order valence-electron chi connectivity index (χ0n) is 10.3. The van der Waals surface area contributed by atoms with Gasteiger partial charge in [-0.3, -0.25) is 0 Å². The third-order valence-corrected chi connectivity index (χ3v) is 4.58. The summed E-state index contributed by atoms with van der Waals surface area (Å²) in [7, 11) is 0. The van der Waals surface area contributed by atoms with Crippen molar-refractivity contribution >= 4 is 0 Å². The van der Waals surface area contributed by atoms with Gasteiger partial charge in [0.25, 0.3) is 0 Å². The second kappa shape index (κ2) is 4.86. The lowest BCUT2D eigenvalue weighted by Gasteiger charge is -2.33. The fourth-order valence-electron chi connectivity index (χ4n) is 3.08. The van der Waals surface area contributed by atoms with Gasteiger partial charge in [0.05, 0.1) is 6.10 Å². The molecule has 88 valence electrons. The van der Waals surface area contributed by atoms with Crippen LogP contribution in [0.5, 0.6) is 0 Å². The summed E-state index contributed by atoms with van der Waals surface area (Å²) in [5.41, 5.74) is 0. The molecule has 2 aliphatic rings. The van der Waals surface area contributed by atoms with Gasteiger partial charge in [-0.25, -0.2) is 0 Å². The molecule has 2 rings (SSSR count).